The minimum atomic E-state index is -0.816. The van der Waals surface area contributed by atoms with Crippen molar-refractivity contribution in [3.05, 3.63) is 29.8 Å². The van der Waals surface area contributed by atoms with Crippen LogP contribution in [0.2, 0.25) is 0 Å². The molecule has 2 aliphatic rings. The number of aliphatic hydroxyl groups excluding tert-OH is 1. The van der Waals surface area contributed by atoms with Crippen LogP contribution in [0.3, 0.4) is 0 Å². The zero-order valence-corrected chi connectivity index (χ0v) is 16.6. The van der Waals surface area contributed by atoms with Crippen LogP contribution in [0.25, 0.3) is 0 Å². The van der Waals surface area contributed by atoms with Crippen LogP contribution in [-0.2, 0) is 9.53 Å². The van der Waals surface area contributed by atoms with Gasteiger partial charge in [-0.3, -0.25) is 4.79 Å². The van der Waals surface area contributed by atoms with Gasteiger partial charge in [0.15, 0.2) is 0 Å². The third-order valence-electron chi connectivity index (χ3n) is 5.55. The second-order valence-corrected chi connectivity index (χ2v) is 8.66. The van der Waals surface area contributed by atoms with Gasteiger partial charge in [-0.05, 0) is 62.6 Å². The van der Waals surface area contributed by atoms with Crippen LogP contribution in [0.4, 0.5) is 4.79 Å². The highest BCUT2D eigenvalue weighted by atomic mass is 16.6. The molecule has 1 saturated heterocycles. The molecule has 4 atom stereocenters. The van der Waals surface area contributed by atoms with E-state index in [-0.39, 0.29) is 37.1 Å². The van der Waals surface area contributed by atoms with Crippen molar-refractivity contribution in [1.82, 2.24) is 4.90 Å². The Balaban J connectivity index is 1.71. The van der Waals surface area contributed by atoms with E-state index in [9.17, 15) is 14.7 Å². The first-order valence-corrected chi connectivity index (χ1v) is 9.74. The molecular formula is C21H29NO6. The quantitative estimate of drug-likeness (QED) is 0.801. The molecule has 2 N–H and O–H groups in total. The number of ether oxygens (including phenoxy) is 2. The van der Waals surface area contributed by atoms with Gasteiger partial charge in [0, 0.05) is 13.1 Å². The van der Waals surface area contributed by atoms with E-state index in [0.29, 0.717) is 18.8 Å². The Morgan fingerprint density at radius 3 is 2.43 bits per heavy atom. The number of hydrogen-bond acceptors (Lipinski definition) is 5. The molecule has 1 aromatic carbocycles. The molecule has 0 aromatic heterocycles. The highest BCUT2D eigenvalue weighted by Gasteiger charge is 2.52. The van der Waals surface area contributed by atoms with Crippen LogP contribution in [-0.4, -0.2) is 59.1 Å². The molecule has 2 fully saturated rings. The number of nitrogens with zero attached hydrogens (tertiary/aromatic N) is 1. The molecule has 1 amide bonds. The Kier molecular flexibility index (Phi) is 5.84. The highest BCUT2D eigenvalue weighted by molar-refractivity contribution is 5.74. The molecule has 28 heavy (non-hydrogen) atoms. The van der Waals surface area contributed by atoms with Crippen molar-refractivity contribution in [3.63, 3.8) is 0 Å². The summed E-state index contributed by atoms with van der Waals surface area (Å²) in [4.78, 5) is 26.1. The number of carbonyl (C=O) groups excluding carboxylic acids is 1. The first-order valence-electron chi connectivity index (χ1n) is 9.74. The topological polar surface area (TPSA) is 96.3 Å². The zero-order chi connectivity index (χ0) is 20.5. The number of amides is 1. The van der Waals surface area contributed by atoms with Gasteiger partial charge < -0.3 is 24.6 Å². The summed E-state index contributed by atoms with van der Waals surface area (Å²) in [7, 11) is 0. The largest absolute Gasteiger partial charge is 0.491 e. The maximum atomic E-state index is 12.4. The number of carboxylic acid groups (broad SMARTS) is 1. The summed E-state index contributed by atoms with van der Waals surface area (Å²) in [5.41, 5.74) is 0.408. The second kappa shape index (κ2) is 7.99. The summed E-state index contributed by atoms with van der Waals surface area (Å²) in [5, 5.41) is 18.7. The first kappa shape index (κ1) is 20.5. The molecule has 0 spiro atoms. The van der Waals surface area contributed by atoms with Gasteiger partial charge in [0.2, 0.25) is 0 Å². The number of carbonyl (C=O) groups is 2. The van der Waals surface area contributed by atoms with E-state index >= 15 is 0 Å². The number of rotatable bonds is 5. The Labute approximate surface area is 165 Å². The molecule has 1 aromatic rings. The van der Waals surface area contributed by atoms with E-state index in [1.807, 2.05) is 45.0 Å². The molecule has 1 heterocycles. The monoisotopic (exact) mass is 391 g/mol. The lowest BCUT2D eigenvalue weighted by Crippen LogP contribution is -2.37. The Morgan fingerprint density at radius 1 is 1.18 bits per heavy atom. The third kappa shape index (κ3) is 4.41. The molecule has 0 radical (unpaired) electrons. The van der Waals surface area contributed by atoms with E-state index in [1.54, 1.807) is 4.90 Å². The van der Waals surface area contributed by atoms with Crippen LogP contribution < -0.4 is 4.74 Å². The average Bonchev–Trinajstić information content (AvgIpc) is 3.16. The number of carboxylic acids is 1. The van der Waals surface area contributed by atoms with E-state index in [4.69, 9.17) is 14.6 Å². The van der Waals surface area contributed by atoms with Crippen molar-refractivity contribution in [2.45, 2.75) is 38.7 Å². The molecule has 7 heteroatoms. The van der Waals surface area contributed by atoms with Gasteiger partial charge in [-0.2, -0.15) is 0 Å². The molecule has 1 aliphatic carbocycles. The number of benzene rings is 1. The van der Waals surface area contributed by atoms with Crippen molar-refractivity contribution in [2.24, 2.45) is 17.8 Å². The van der Waals surface area contributed by atoms with E-state index in [0.717, 1.165) is 12.0 Å². The SMILES string of the molecule is CC(C)(C)OC(=O)N1C[C@H]2C[C@@H](c3ccc(OCCO)cc3)[C@@H](C(=O)O)[C@H]2C1. The summed E-state index contributed by atoms with van der Waals surface area (Å²) in [6, 6.07) is 7.43. The van der Waals surface area contributed by atoms with Crippen LogP contribution in [0.1, 0.15) is 38.7 Å². The maximum absolute atomic E-state index is 12.4. The van der Waals surface area contributed by atoms with E-state index in [2.05, 4.69) is 0 Å². The molecule has 1 saturated carbocycles. The van der Waals surface area contributed by atoms with Gasteiger partial charge in [0.05, 0.1) is 12.5 Å². The minimum absolute atomic E-state index is 0.0526. The fourth-order valence-corrected chi connectivity index (χ4v) is 4.47. The standard InChI is InChI=1S/C21H29NO6/c1-21(2,3)28-20(26)22-11-14-10-16(18(19(24)25)17(14)12-22)13-4-6-15(7-5-13)27-9-8-23/h4-7,14,16-18,23H,8-12H2,1-3H3,(H,24,25)/t14-,16+,17+,18-/m1/s1. The first-order chi connectivity index (χ1) is 13.2. The molecule has 1 aliphatic heterocycles. The molecule has 3 rings (SSSR count). The predicted molar refractivity (Wildman–Crippen MR) is 102 cm³/mol. The average molecular weight is 391 g/mol. The van der Waals surface area contributed by atoms with Gasteiger partial charge in [-0.25, -0.2) is 4.79 Å². The van der Waals surface area contributed by atoms with Gasteiger partial charge in [-0.15, -0.1) is 0 Å². The number of aliphatic carboxylic acids is 1. The van der Waals surface area contributed by atoms with Crippen molar-refractivity contribution < 1.29 is 29.3 Å². The summed E-state index contributed by atoms with van der Waals surface area (Å²) >= 11 is 0. The normalized spacial score (nSPS) is 26.8. The Hall–Kier alpha value is -2.28. The summed E-state index contributed by atoms with van der Waals surface area (Å²) in [6.45, 7) is 6.61. The number of likely N-dealkylation sites (tertiary alicyclic amines) is 1. The van der Waals surface area contributed by atoms with Gasteiger partial charge in [-0.1, -0.05) is 12.1 Å². The Morgan fingerprint density at radius 2 is 1.86 bits per heavy atom. The molecule has 0 unspecified atom stereocenters. The Bertz CT molecular complexity index is 711. The van der Waals surface area contributed by atoms with Gasteiger partial charge in [0.25, 0.3) is 0 Å². The molecule has 154 valence electrons. The lowest BCUT2D eigenvalue weighted by atomic mass is 9.84. The number of fused-ring (bicyclic) bond motifs is 1. The zero-order valence-electron chi connectivity index (χ0n) is 16.6. The summed E-state index contributed by atoms with van der Waals surface area (Å²) in [6.07, 6.45) is 0.366. The summed E-state index contributed by atoms with van der Waals surface area (Å²) in [5.74, 6) is -0.686. The van der Waals surface area contributed by atoms with E-state index in [1.165, 1.54) is 0 Å². The smallest absolute Gasteiger partial charge is 0.410 e. The van der Waals surface area contributed by atoms with Crippen molar-refractivity contribution >= 4 is 12.1 Å². The van der Waals surface area contributed by atoms with Crippen LogP contribution >= 0.6 is 0 Å². The third-order valence-corrected chi connectivity index (χ3v) is 5.55. The van der Waals surface area contributed by atoms with Crippen molar-refractivity contribution in [3.8, 4) is 5.75 Å². The molecule has 7 nitrogen and oxygen atoms in total. The van der Waals surface area contributed by atoms with Gasteiger partial charge in [0.1, 0.15) is 18.0 Å². The van der Waals surface area contributed by atoms with Crippen LogP contribution in [0, 0.1) is 17.8 Å². The van der Waals surface area contributed by atoms with Crippen molar-refractivity contribution in [2.75, 3.05) is 26.3 Å². The van der Waals surface area contributed by atoms with Gasteiger partial charge >= 0.3 is 12.1 Å². The maximum Gasteiger partial charge on any atom is 0.410 e. The fourth-order valence-electron chi connectivity index (χ4n) is 4.47. The lowest BCUT2D eigenvalue weighted by molar-refractivity contribution is -0.143. The molecular weight excluding hydrogens is 362 g/mol. The highest BCUT2D eigenvalue weighted by Crippen LogP contribution is 2.51. The van der Waals surface area contributed by atoms with Crippen molar-refractivity contribution in [1.29, 1.82) is 0 Å². The fraction of sp³-hybridized carbons (Fsp3) is 0.619. The lowest BCUT2D eigenvalue weighted by Gasteiger charge is -2.26. The summed E-state index contributed by atoms with van der Waals surface area (Å²) < 4.78 is 10.8. The number of aliphatic hydroxyl groups is 1. The van der Waals surface area contributed by atoms with Crippen LogP contribution in [0.15, 0.2) is 24.3 Å². The van der Waals surface area contributed by atoms with Crippen LogP contribution in [0.5, 0.6) is 5.75 Å². The van der Waals surface area contributed by atoms with E-state index < -0.39 is 17.5 Å². The molecule has 0 bridgehead atoms. The predicted octanol–water partition coefficient (Wildman–Crippen LogP) is 2.73. The minimum Gasteiger partial charge on any atom is -0.491 e. The second-order valence-electron chi connectivity index (χ2n) is 8.66. The number of hydrogen-bond donors (Lipinski definition) is 2.